The summed E-state index contributed by atoms with van der Waals surface area (Å²) in [6.07, 6.45) is 0. The normalized spacial score (nSPS) is 11.8. The van der Waals surface area contributed by atoms with Gasteiger partial charge >= 0.3 is 6.03 Å². The second-order valence-electron chi connectivity index (χ2n) is 6.99. The number of benzene rings is 2. The molecule has 2 aromatic carbocycles. The fourth-order valence-corrected chi connectivity index (χ4v) is 2.73. The molecule has 3 amide bonds. The molecule has 3 N–H and O–H groups in total. The van der Waals surface area contributed by atoms with Gasteiger partial charge < -0.3 is 20.5 Å². The summed E-state index contributed by atoms with van der Waals surface area (Å²) in [4.78, 5) is 28.6. The van der Waals surface area contributed by atoms with Crippen LogP contribution < -0.4 is 16.0 Å². The van der Waals surface area contributed by atoms with Crippen molar-refractivity contribution in [1.29, 1.82) is 0 Å². The van der Waals surface area contributed by atoms with Gasteiger partial charge in [-0.25, -0.2) is 4.79 Å². The number of urea groups is 1. The molecule has 0 fully saturated rings. The van der Waals surface area contributed by atoms with E-state index in [1.54, 1.807) is 55.5 Å². The van der Waals surface area contributed by atoms with Crippen molar-refractivity contribution < 1.29 is 14.1 Å². The van der Waals surface area contributed by atoms with Crippen LogP contribution in [-0.4, -0.2) is 28.1 Å². The zero-order chi connectivity index (χ0) is 21.7. The topological polar surface area (TPSA) is 109 Å². The summed E-state index contributed by atoms with van der Waals surface area (Å²) < 4.78 is 5.28. The molecular formula is C21H22ClN5O3. The number of carbonyl (C=O) groups is 2. The number of aromatic nitrogens is 2. The number of hydrogen-bond acceptors (Lipinski definition) is 5. The van der Waals surface area contributed by atoms with Gasteiger partial charge in [0.2, 0.25) is 11.7 Å². The van der Waals surface area contributed by atoms with Gasteiger partial charge in [0.15, 0.2) is 0 Å². The lowest BCUT2D eigenvalue weighted by Crippen LogP contribution is -2.34. The van der Waals surface area contributed by atoms with E-state index in [1.165, 1.54) is 0 Å². The molecule has 1 atom stereocenters. The molecule has 0 aliphatic carbocycles. The maximum atomic E-state index is 12.5. The summed E-state index contributed by atoms with van der Waals surface area (Å²) in [6.45, 7) is 5.50. The first-order valence-electron chi connectivity index (χ1n) is 9.40. The standard InChI is InChI=1S/C21H22ClN5O3/c1-12(2)23-21(29)25-17-10-6-15(7-11-17)19(28)24-13(3)20-26-18(27-30-20)14-4-8-16(22)9-5-14/h4-13H,1-3H3,(H,24,28)(H2,23,25,29). The minimum absolute atomic E-state index is 0.0291. The Balaban J connectivity index is 1.60. The molecule has 30 heavy (non-hydrogen) atoms. The van der Waals surface area contributed by atoms with Crippen molar-refractivity contribution in [2.45, 2.75) is 32.9 Å². The van der Waals surface area contributed by atoms with E-state index in [0.29, 0.717) is 22.1 Å². The first kappa shape index (κ1) is 21.3. The highest BCUT2D eigenvalue weighted by Crippen LogP contribution is 2.21. The van der Waals surface area contributed by atoms with Gasteiger partial charge in [-0.2, -0.15) is 4.98 Å². The second kappa shape index (κ2) is 9.41. The molecule has 156 valence electrons. The van der Waals surface area contributed by atoms with Crippen molar-refractivity contribution in [3.8, 4) is 11.4 Å². The minimum atomic E-state index is -0.485. The molecule has 0 spiro atoms. The van der Waals surface area contributed by atoms with E-state index in [1.807, 2.05) is 13.8 Å². The molecule has 3 aromatic rings. The molecule has 0 radical (unpaired) electrons. The third-order valence-corrected chi connectivity index (χ3v) is 4.34. The summed E-state index contributed by atoms with van der Waals surface area (Å²) in [5, 5.41) is 12.8. The lowest BCUT2D eigenvalue weighted by Gasteiger charge is -2.12. The van der Waals surface area contributed by atoms with Crippen LogP contribution in [0.25, 0.3) is 11.4 Å². The molecule has 1 unspecified atom stereocenters. The molecule has 1 aromatic heterocycles. The van der Waals surface area contributed by atoms with Crippen molar-refractivity contribution in [2.24, 2.45) is 0 Å². The van der Waals surface area contributed by atoms with Gasteiger partial charge in [0.1, 0.15) is 6.04 Å². The molecule has 9 heteroatoms. The molecule has 8 nitrogen and oxygen atoms in total. The van der Waals surface area contributed by atoms with E-state index in [9.17, 15) is 9.59 Å². The van der Waals surface area contributed by atoms with E-state index in [0.717, 1.165) is 5.56 Å². The predicted molar refractivity (Wildman–Crippen MR) is 114 cm³/mol. The fraction of sp³-hybridized carbons (Fsp3) is 0.238. The van der Waals surface area contributed by atoms with Crippen molar-refractivity contribution in [1.82, 2.24) is 20.8 Å². The van der Waals surface area contributed by atoms with Crippen molar-refractivity contribution in [2.75, 3.05) is 5.32 Å². The molecule has 1 heterocycles. The predicted octanol–water partition coefficient (Wildman–Crippen LogP) is 4.41. The number of amides is 3. The Morgan fingerprint density at radius 1 is 0.967 bits per heavy atom. The Labute approximate surface area is 179 Å². The van der Waals surface area contributed by atoms with Crippen molar-refractivity contribution in [3.63, 3.8) is 0 Å². The van der Waals surface area contributed by atoms with Crippen LogP contribution in [-0.2, 0) is 0 Å². The Bertz CT molecular complexity index is 1020. The molecule has 0 aliphatic heterocycles. The zero-order valence-electron chi connectivity index (χ0n) is 16.8. The van der Waals surface area contributed by atoms with E-state index < -0.39 is 6.04 Å². The molecule has 0 aliphatic rings. The zero-order valence-corrected chi connectivity index (χ0v) is 17.5. The summed E-state index contributed by atoms with van der Waals surface area (Å²) in [5.74, 6) is 0.404. The van der Waals surface area contributed by atoms with Gasteiger partial charge in [-0.15, -0.1) is 0 Å². The number of nitrogens with zero attached hydrogens (tertiary/aromatic N) is 2. The number of anilines is 1. The number of carbonyl (C=O) groups excluding carboxylic acids is 2. The van der Waals surface area contributed by atoms with Gasteiger partial charge in [0.05, 0.1) is 0 Å². The highest BCUT2D eigenvalue weighted by atomic mass is 35.5. The summed E-state index contributed by atoms with van der Waals surface area (Å²) in [7, 11) is 0. The Kier molecular flexibility index (Phi) is 6.68. The maximum Gasteiger partial charge on any atom is 0.319 e. The molecule has 3 rings (SSSR count). The van der Waals surface area contributed by atoms with Crippen LogP contribution in [0, 0.1) is 0 Å². The SMILES string of the molecule is CC(C)NC(=O)Nc1ccc(C(=O)NC(C)c2nc(-c3ccc(Cl)cc3)no2)cc1. The molecule has 0 bridgehead atoms. The largest absolute Gasteiger partial charge is 0.341 e. The summed E-state index contributed by atoms with van der Waals surface area (Å²) >= 11 is 5.89. The highest BCUT2D eigenvalue weighted by Gasteiger charge is 2.18. The molecule has 0 saturated carbocycles. The van der Waals surface area contributed by atoms with Crippen LogP contribution in [0.2, 0.25) is 5.02 Å². The van der Waals surface area contributed by atoms with Crippen molar-refractivity contribution in [3.05, 3.63) is 65.0 Å². The van der Waals surface area contributed by atoms with Crippen LogP contribution in [0.15, 0.2) is 53.1 Å². The van der Waals surface area contributed by atoms with Crippen LogP contribution in [0.4, 0.5) is 10.5 Å². The Morgan fingerprint density at radius 3 is 2.27 bits per heavy atom. The number of hydrogen-bond donors (Lipinski definition) is 3. The van der Waals surface area contributed by atoms with E-state index in [-0.39, 0.29) is 23.9 Å². The van der Waals surface area contributed by atoms with Crippen molar-refractivity contribution >= 4 is 29.2 Å². The number of halogens is 1. The quantitative estimate of drug-likeness (QED) is 0.539. The van der Waals surface area contributed by atoms with Crippen LogP contribution in [0.1, 0.15) is 43.1 Å². The average Bonchev–Trinajstić information content (AvgIpc) is 3.18. The van der Waals surface area contributed by atoms with Gasteiger partial charge in [-0.3, -0.25) is 4.79 Å². The van der Waals surface area contributed by atoms with E-state index >= 15 is 0 Å². The summed E-state index contributed by atoms with van der Waals surface area (Å²) in [6, 6.07) is 12.9. The minimum Gasteiger partial charge on any atom is -0.341 e. The third-order valence-electron chi connectivity index (χ3n) is 4.09. The monoisotopic (exact) mass is 427 g/mol. The molecular weight excluding hydrogens is 406 g/mol. The number of rotatable bonds is 6. The van der Waals surface area contributed by atoms with Crippen LogP contribution in [0.5, 0.6) is 0 Å². The van der Waals surface area contributed by atoms with Crippen LogP contribution >= 0.6 is 11.6 Å². The smallest absolute Gasteiger partial charge is 0.319 e. The lowest BCUT2D eigenvalue weighted by atomic mass is 10.2. The van der Waals surface area contributed by atoms with E-state index in [2.05, 4.69) is 26.1 Å². The lowest BCUT2D eigenvalue weighted by molar-refractivity contribution is 0.0932. The Hall–Kier alpha value is -3.39. The third kappa shape index (κ3) is 5.57. The first-order valence-corrected chi connectivity index (χ1v) is 9.77. The average molecular weight is 428 g/mol. The highest BCUT2D eigenvalue weighted by molar-refractivity contribution is 6.30. The first-order chi connectivity index (χ1) is 14.3. The fourth-order valence-electron chi connectivity index (χ4n) is 2.60. The molecule has 0 saturated heterocycles. The van der Waals surface area contributed by atoms with Gasteiger partial charge in [0, 0.05) is 27.9 Å². The second-order valence-corrected chi connectivity index (χ2v) is 7.43. The summed E-state index contributed by atoms with van der Waals surface area (Å²) in [5.41, 5.74) is 1.79. The maximum absolute atomic E-state index is 12.5. The van der Waals surface area contributed by atoms with E-state index in [4.69, 9.17) is 16.1 Å². The van der Waals surface area contributed by atoms with Crippen LogP contribution in [0.3, 0.4) is 0 Å². The van der Waals surface area contributed by atoms with Gasteiger partial charge in [-0.1, -0.05) is 16.8 Å². The Morgan fingerprint density at radius 2 is 1.63 bits per heavy atom. The van der Waals surface area contributed by atoms with Gasteiger partial charge in [-0.05, 0) is 69.3 Å². The number of nitrogens with one attached hydrogen (secondary N) is 3. The van der Waals surface area contributed by atoms with Gasteiger partial charge in [0.25, 0.3) is 5.91 Å².